The van der Waals surface area contributed by atoms with E-state index in [4.69, 9.17) is 19.4 Å². The number of rotatable bonds is 5. The Morgan fingerprint density at radius 1 is 0.963 bits per heavy atom. The van der Waals surface area contributed by atoms with Crippen LogP contribution >= 0.6 is 0 Å². The molecule has 5 nitrogen and oxygen atoms in total. The van der Waals surface area contributed by atoms with Crippen LogP contribution in [0.25, 0.3) is 0 Å². The van der Waals surface area contributed by atoms with Gasteiger partial charge in [-0.3, -0.25) is 0 Å². The molecule has 0 aromatic heterocycles. The van der Waals surface area contributed by atoms with Crippen molar-refractivity contribution in [2.75, 3.05) is 19.8 Å². The first-order valence-corrected chi connectivity index (χ1v) is 11.1. The predicted molar refractivity (Wildman–Crippen MR) is 108 cm³/mol. The normalized spacial score (nSPS) is 37.6. The summed E-state index contributed by atoms with van der Waals surface area (Å²) in [5.41, 5.74) is -0.531. The van der Waals surface area contributed by atoms with E-state index in [9.17, 15) is 0 Å². The lowest BCUT2D eigenvalue weighted by molar-refractivity contribution is -0.379. The Kier molecular flexibility index (Phi) is 6.30. The summed E-state index contributed by atoms with van der Waals surface area (Å²) in [5.74, 6) is -0.558. The van der Waals surface area contributed by atoms with Crippen molar-refractivity contribution in [2.45, 2.75) is 115 Å². The third-order valence-corrected chi connectivity index (χ3v) is 7.28. The average Bonchev–Trinajstić information content (AvgIpc) is 2.67. The van der Waals surface area contributed by atoms with Gasteiger partial charge < -0.3 is 19.4 Å². The molecule has 0 bridgehead atoms. The fraction of sp³-hybridized carbons (Fsp3) is 1.00. The molecule has 2 heterocycles. The molecule has 2 saturated heterocycles. The Morgan fingerprint density at radius 3 is 2.11 bits per heavy atom. The maximum Gasteiger partial charge on any atom is 0.172 e. The first-order valence-electron chi connectivity index (χ1n) is 11.1. The maximum atomic E-state index is 8.74. The number of hydrogen-bond donors (Lipinski definition) is 0. The second kappa shape index (κ2) is 7.91. The van der Waals surface area contributed by atoms with Gasteiger partial charge in [0.25, 0.3) is 0 Å². The molecule has 3 aliphatic rings. The molecule has 0 radical (unpaired) electrons. The van der Waals surface area contributed by atoms with E-state index in [-0.39, 0.29) is 16.5 Å². The molecular weight excluding hydrogens is 342 g/mol. The standard InChI is InChI=1S/C22H41NO4/c1-6-21(7-2)14-22(13-19(3,4)23(21)24)26-16-20(5,17-27-22)15-25-18-11-9-8-10-12-18/h18,24H,6-17H2,1-5H3/p+1. The fourth-order valence-corrected chi connectivity index (χ4v) is 5.37. The van der Waals surface area contributed by atoms with E-state index in [0.29, 0.717) is 25.9 Å². The molecule has 0 aromatic rings. The van der Waals surface area contributed by atoms with Crippen LogP contribution in [0.3, 0.4) is 0 Å². The molecule has 0 atom stereocenters. The lowest BCUT2D eigenvalue weighted by atomic mass is 9.73. The van der Waals surface area contributed by atoms with Crippen molar-refractivity contribution in [1.82, 2.24) is 5.06 Å². The highest BCUT2D eigenvalue weighted by molar-refractivity contribution is 5.05. The molecule has 2 aliphatic heterocycles. The van der Waals surface area contributed by atoms with Crippen molar-refractivity contribution in [3.05, 3.63) is 0 Å². The van der Waals surface area contributed by atoms with Gasteiger partial charge in [0.2, 0.25) is 0 Å². The summed E-state index contributed by atoms with van der Waals surface area (Å²) in [5, 5.41) is 10.6. The zero-order valence-corrected chi connectivity index (χ0v) is 18.2. The highest BCUT2D eigenvalue weighted by Crippen LogP contribution is 2.50. The van der Waals surface area contributed by atoms with Crippen LogP contribution in [-0.2, 0) is 14.2 Å². The molecule has 158 valence electrons. The van der Waals surface area contributed by atoms with Crippen LogP contribution in [0.2, 0.25) is 0 Å². The summed E-state index contributed by atoms with van der Waals surface area (Å²) in [6.45, 7) is 13.0. The maximum absolute atomic E-state index is 8.74. The van der Waals surface area contributed by atoms with Crippen molar-refractivity contribution in [1.29, 1.82) is 0 Å². The molecule has 0 aromatic carbocycles. The fourth-order valence-electron chi connectivity index (χ4n) is 5.37. The Balaban J connectivity index is 1.64. The monoisotopic (exact) mass is 384 g/mol. The van der Waals surface area contributed by atoms with Gasteiger partial charge in [0, 0.05) is 18.3 Å². The molecule has 0 unspecified atom stereocenters. The molecule has 3 fully saturated rings. The third-order valence-electron chi connectivity index (χ3n) is 7.28. The van der Waals surface area contributed by atoms with Crippen LogP contribution < -0.4 is 0 Å². The third kappa shape index (κ3) is 4.37. The van der Waals surface area contributed by atoms with Gasteiger partial charge in [-0.2, -0.15) is 0 Å². The van der Waals surface area contributed by atoms with Gasteiger partial charge in [0.05, 0.1) is 37.0 Å². The molecule has 0 amide bonds. The first-order chi connectivity index (χ1) is 12.7. The minimum Gasteiger partial charge on any atom is -0.377 e. The molecule has 1 saturated carbocycles. The topological polar surface area (TPSA) is 53.8 Å². The SMILES string of the molecule is CCC1(CC)CC2(CC(C)(C)N1[OH2+])OCC(C)(COC1CCCCC1)CO2. The average molecular weight is 385 g/mol. The number of ether oxygens (including phenoxy) is 3. The van der Waals surface area contributed by atoms with Crippen molar-refractivity contribution < 1.29 is 19.4 Å². The first kappa shape index (κ1) is 21.5. The Labute approximate surface area is 165 Å². The van der Waals surface area contributed by atoms with Gasteiger partial charge in [-0.15, -0.1) is 0 Å². The van der Waals surface area contributed by atoms with Crippen molar-refractivity contribution >= 4 is 0 Å². The summed E-state index contributed by atoms with van der Waals surface area (Å²) < 4.78 is 19.2. The minimum absolute atomic E-state index is 0.0774. The zero-order chi connectivity index (χ0) is 19.8. The van der Waals surface area contributed by atoms with Crippen LogP contribution in [0.15, 0.2) is 0 Å². The van der Waals surface area contributed by atoms with Crippen LogP contribution in [0, 0.1) is 5.41 Å². The van der Waals surface area contributed by atoms with Crippen molar-refractivity contribution in [3.63, 3.8) is 0 Å². The van der Waals surface area contributed by atoms with E-state index in [2.05, 4.69) is 34.6 Å². The Bertz CT molecular complexity index is 489. The number of piperidine rings is 1. The summed E-state index contributed by atoms with van der Waals surface area (Å²) >= 11 is 0. The number of hydrogen-bond acceptors (Lipinski definition) is 4. The lowest BCUT2D eigenvalue weighted by Gasteiger charge is -2.57. The Morgan fingerprint density at radius 2 is 1.56 bits per heavy atom. The van der Waals surface area contributed by atoms with Crippen molar-refractivity contribution in [3.8, 4) is 0 Å². The molecule has 1 aliphatic carbocycles. The predicted octanol–water partition coefficient (Wildman–Crippen LogP) is 4.16. The summed E-state index contributed by atoms with van der Waals surface area (Å²) in [4.78, 5) is 0. The van der Waals surface area contributed by atoms with Crippen LogP contribution in [0.1, 0.15) is 92.4 Å². The summed E-state index contributed by atoms with van der Waals surface area (Å²) in [7, 11) is 0. The smallest absolute Gasteiger partial charge is 0.172 e. The highest BCUT2D eigenvalue weighted by Gasteiger charge is 2.60. The van der Waals surface area contributed by atoms with Crippen LogP contribution in [0.4, 0.5) is 0 Å². The summed E-state index contributed by atoms with van der Waals surface area (Å²) in [6, 6.07) is 0. The number of nitrogens with zero attached hydrogens (tertiary/aromatic N) is 1. The summed E-state index contributed by atoms with van der Waals surface area (Å²) in [6.07, 6.45) is 10.2. The molecule has 3 rings (SSSR count). The molecule has 5 heteroatoms. The molecule has 1 spiro atoms. The molecular formula is C22H42NO4+. The Hall–Kier alpha value is -0.200. The second-order valence-electron chi connectivity index (χ2n) is 10.3. The highest BCUT2D eigenvalue weighted by atomic mass is 16.7. The van der Waals surface area contributed by atoms with E-state index >= 15 is 0 Å². The van der Waals surface area contributed by atoms with Crippen molar-refractivity contribution in [2.24, 2.45) is 5.41 Å². The molecule has 2 N–H and O–H groups in total. The van der Waals surface area contributed by atoms with Gasteiger partial charge in [-0.1, -0.05) is 45.1 Å². The minimum atomic E-state index is -0.558. The zero-order valence-electron chi connectivity index (χ0n) is 18.2. The van der Waals surface area contributed by atoms with E-state index in [1.54, 1.807) is 0 Å². The van der Waals surface area contributed by atoms with Gasteiger partial charge >= 0.3 is 0 Å². The van der Waals surface area contributed by atoms with Crippen LogP contribution in [-0.4, -0.2) is 53.1 Å². The molecule has 27 heavy (non-hydrogen) atoms. The van der Waals surface area contributed by atoms with Crippen LogP contribution in [0.5, 0.6) is 0 Å². The largest absolute Gasteiger partial charge is 0.377 e. The van der Waals surface area contributed by atoms with E-state index < -0.39 is 5.79 Å². The van der Waals surface area contributed by atoms with Gasteiger partial charge in [-0.25, -0.2) is 0 Å². The lowest BCUT2D eigenvalue weighted by Crippen LogP contribution is -2.69. The second-order valence-corrected chi connectivity index (χ2v) is 10.3. The van der Waals surface area contributed by atoms with E-state index in [1.807, 2.05) is 5.06 Å². The van der Waals surface area contributed by atoms with Gasteiger partial charge in [0.15, 0.2) is 5.79 Å². The van der Waals surface area contributed by atoms with Gasteiger partial charge in [0.1, 0.15) is 0 Å². The van der Waals surface area contributed by atoms with E-state index in [1.165, 1.54) is 32.1 Å². The quantitative estimate of drug-likeness (QED) is 0.668. The van der Waals surface area contributed by atoms with Gasteiger partial charge in [-0.05, 0) is 39.5 Å². The van der Waals surface area contributed by atoms with E-state index in [0.717, 1.165) is 25.7 Å². The number of hydroxylamine groups is 2.